The van der Waals surface area contributed by atoms with Gasteiger partial charge in [0.2, 0.25) is 5.88 Å². The lowest BCUT2D eigenvalue weighted by molar-refractivity contribution is -0.138. The molecule has 0 bridgehead atoms. The van der Waals surface area contributed by atoms with Gasteiger partial charge in [-0.15, -0.1) is 10.2 Å². The predicted molar refractivity (Wildman–Crippen MR) is 127 cm³/mol. The van der Waals surface area contributed by atoms with E-state index in [0.717, 1.165) is 17.0 Å². The molecule has 10 nitrogen and oxygen atoms in total. The molecule has 1 saturated heterocycles. The van der Waals surface area contributed by atoms with Gasteiger partial charge >= 0.3 is 12.3 Å². The Kier molecular flexibility index (Phi) is 6.34. The molecule has 3 heterocycles. The second-order valence-electron chi connectivity index (χ2n) is 8.24. The Hall–Kier alpha value is -4.68. The molecule has 0 radical (unpaired) electrons. The van der Waals surface area contributed by atoms with Crippen LogP contribution in [-0.4, -0.2) is 63.5 Å². The standard InChI is InChI=1S/C24H20F3N7O3/c25-24(26,27)18-4-2-1-3-17(18)22(35)34-11-9-33(10-12-34)20-7-8-21(32-31-20)37-23(36)29-16-5-6-19-15(13-16)14-28-30-19/h1-8,13-14H,9-12H2,(H,28,30)(H,29,36). The summed E-state index contributed by atoms with van der Waals surface area (Å²) >= 11 is 0. The van der Waals surface area contributed by atoms with E-state index in [9.17, 15) is 22.8 Å². The number of nitrogens with zero attached hydrogens (tertiary/aromatic N) is 5. The van der Waals surface area contributed by atoms with Crippen molar-refractivity contribution < 1.29 is 27.5 Å². The second-order valence-corrected chi connectivity index (χ2v) is 8.24. The third-order valence-electron chi connectivity index (χ3n) is 5.86. The molecule has 1 aliphatic rings. The number of alkyl halides is 3. The van der Waals surface area contributed by atoms with Crippen molar-refractivity contribution in [2.75, 3.05) is 36.4 Å². The Morgan fingerprint density at radius 2 is 1.76 bits per heavy atom. The van der Waals surface area contributed by atoms with Crippen molar-refractivity contribution >= 4 is 34.4 Å². The number of anilines is 2. The van der Waals surface area contributed by atoms with Crippen LogP contribution in [0, 0.1) is 0 Å². The first-order chi connectivity index (χ1) is 17.8. The van der Waals surface area contributed by atoms with Crippen molar-refractivity contribution in [3.8, 4) is 5.88 Å². The maximum atomic E-state index is 13.3. The number of hydrogen-bond donors (Lipinski definition) is 2. The smallest absolute Gasteiger partial charge is 0.389 e. The van der Waals surface area contributed by atoms with Crippen molar-refractivity contribution in [1.29, 1.82) is 0 Å². The lowest BCUT2D eigenvalue weighted by atomic mass is 10.1. The van der Waals surface area contributed by atoms with Crippen molar-refractivity contribution in [3.05, 3.63) is 71.9 Å². The average Bonchev–Trinajstić information content (AvgIpc) is 3.36. The minimum absolute atomic E-state index is 0.0109. The Balaban J connectivity index is 1.16. The monoisotopic (exact) mass is 511 g/mol. The maximum Gasteiger partial charge on any atom is 0.418 e. The number of amides is 2. The Labute approximate surface area is 208 Å². The largest absolute Gasteiger partial charge is 0.418 e. The van der Waals surface area contributed by atoms with Crippen molar-refractivity contribution in [1.82, 2.24) is 25.3 Å². The summed E-state index contributed by atoms with van der Waals surface area (Å²) < 4.78 is 45.1. The third-order valence-corrected chi connectivity index (χ3v) is 5.86. The van der Waals surface area contributed by atoms with Crippen LogP contribution in [0.25, 0.3) is 10.9 Å². The molecule has 1 aliphatic heterocycles. The molecule has 2 aromatic carbocycles. The average molecular weight is 511 g/mol. The fraction of sp³-hybridized carbons (Fsp3) is 0.208. The molecule has 2 amide bonds. The number of halogens is 3. The van der Waals surface area contributed by atoms with Gasteiger partial charge in [0.15, 0.2) is 5.82 Å². The van der Waals surface area contributed by atoms with Gasteiger partial charge in [0.1, 0.15) is 0 Å². The number of fused-ring (bicyclic) bond motifs is 1. The summed E-state index contributed by atoms with van der Waals surface area (Å²) in [6, 6.07) is 13.1. The topological polar surface area (TPSA) is 116 Å². The van der Waals surface area contributed by atoms with Crippen LogP contribution in [0.3, 0.4) is 0 Å². The predicted octanol–water partition coefficient (Wildman–Crippen LogP) is 3.95. The van der Waals surface area contributed by atoms with Gasteiger partial charge in [0, 0.05) is 43.3 Å². The zero-order chi connectivity index (χ0) is 26.0. The number of carbonyl (C=O) groups excluding carboxylic acids is 2. The highest BCUT2D eigenvalue weighted by molar-refractivity contribution is 5.96. The summed E-state index contributed by atoms with van der Waals surface area (Å²) in [6.07, 6.45) is -3.72. The summed E-state index contributed by atoms with van der Waals surface area (Å²) in [6.45, 7) is 1.14. The van der Waals surface area contributed by atoms with Crippen molar-refractivity contribution in [2.24, 2.45) is 0 Å². The normalized spacial score (nSPS) is 14.0. The van der Waals surface area contributed by atoms with Gasteiger partial charge in [-0.3, -0.25) is 15.2 Å². The van der Waals surface area contributed by atoms with Crippen LogP contribution in [0.4, 0.5) is 29.5 Å². The highest BCUT2D eigenvalue weighted by Gasteiger charge is 2.36. The highest BCUT2D eigenvalue weighted by Crippen LogP contribution is 2.32. The number of ether oxygens (including phenoxy) is 1. The zero-order valence-corrected chi connectivity index (χ0v) is 19.2. The minimum Gasteiger partial charge on any atom is -0.389 e. The number of carbonyl (C=O) groups is 2. The summed E-state index contributed by atoms with van der Waals surface area (Å²) in [5, 5.41) is 18.2. The molecule has 37 heavy (non-hydrogen) atoms. The first-order valence-corrected chi connectivity index (χ1v) is 11.2. The zero-order valence-electron chi connectivity index (χ0n) is 19.2. The maximum absolute atomic E-state index is 13.3. The lowest BCUT2D eigenvalue weighted by Crippen LogP contribution is -2.49. The molecular formula is C24H20F3N7O3. The number of H-pyrrole nitrogens is 1. The molecule has 1 fully saturated rings. The number of hydrogen-bond acceptors (Lipinski definition) is 7. The van der Waals surface area contributed by atoms with Crippen LogP contribution in [0.1, 0.15) is 15.9 Å². The van der Waals surface area contributed by atoms with E-state index in [-0.39, 0.29) is 24.5 Å². The fourth-order valence-corrected chi connectivity index (χ4v) is 4.02. The molecule has 2 aromatic heterocycles. The molecule has 4 aromatic rings. The van der Waals surface area contributed by atoms with E-state index in [2.05, 4.69) is 25.7 Å². The summed E-state index contributed by atoms with van der Waals surface area (Å²) in [7, 11) is 0. The van der Waals surface area contributed by atoms with E-state index in [1.165, 1.54) is 29.2 Å². The Bertz CT molecular complexity index is 1430. The van der Waals surface area contributed by atoms with Crippen LogP contribution in [0.5, 0.6) is 5.88 Å². The van der Waals surface area contributed by atoms with E-state index in [1.807, 2.05) is 4.90 Å². The first-order valence-electron chi connectivity index (χ1n) is 11.2. The molecule has 2 N–H and O–H groups in total. The van der Waals surface area contributed by atoms with Crippen LogP contribution >= 0.6 is 0 Å². The van der Waals surface area contributed by atoms with E-state index >= 15 is 0 Å². The number of piperazine rings is 1. The SMILES string of the molecule is O=C(Nc1ccc2[nH]ncc2c1)Oc1ccc(N2CCN(C(=O)c3ccccc3C(F)(F)F)CC2)nn1. The fourth-order valence-electron chi connectivity index (χ4n) is 4.02. The van der Waals surface area contributed by atoms with Gasteiger partial charge in [0.25, 0.3) is 5.91 Å². The number of aromatic nitrogens is 4. The number of aromatic amines is 1. The van der Waals surface area contributed by atoms with E-state index in [1.54, 1.807) is 30.5 Å². The Morgan fingerprint density at radius 3 is 2.49 bits per heavy atom. The van der Waals surface area contributed by atoms with Gasteiger partial charge < -0.3 is 14.5 Å². The first kappa shape index (κ1) is 24.0. The summed E-state index contributed by atoms with van der Waals surface area (Å²) in [5.41, 5.74) is 0.0353. The number of benzene rings is 2. The van der Waals surface area contributed by atoms with Crippen LogP contribution in [0.15, 0.2) is 60.8 Å². The molecule has 0 saturated carbocycles. The highest BCUT2D eigenvalue weighted by atomic mass is 19.4. The third kappa shape index (κ3) is 5.29. The number of rotatable bonds is 4. The van der Waals surface area contributed by atoms with E-state index in [0.29, 0.717) is 24.6 Å². The molecule has 5 rings (SSSR count). The van der Waals surface area contributed by atoms with Gasteiger partial charge in [-0.2, -0.15) is 18.3 Å². The van der Waals surface area contributed by atoms with Crippen molar-refractivity contribution in [2.45, 2.75) is 6.18 Å². The summed E-state index contributed by atoms with van der Waals surface area (Å²) in [5.74, 6) is -0.190. The van der Waals surface area contributed by atoms with E-state index in [4.69, 9.17) is 4.74 Å². The Morgan fingerprint density at radius 1 is 0.973 bits per heavy atom. The summed E-state index contributed by atoms with van der Waals surface area (Å²) in [4.78, 5) is 28.2. The van der Waals surface area contributed by atoms with Gasteiger partial charge in [-0.05, 0) is 36.4 Å². The molecule has 190 valence electrons. The van der Waals surface area contributed by atoms with Crippen molar-refractivity contribution in [3.63, 3.8) is 0 Å². The van der Waals surface area contributed by atoms with Gasteiger partial charge in [-0.25, -0.2) is 4.79 Å². The van der Waals surface area contributed by atoms with Crippen LogP contribution < -0.4 is 15.0 Å². The molecule has 0 spiro atoms. The molecule has 13 heteroatoms. The van der Waals surface area contributed by atoms with Gasteiger partial charge in [-0.1, -0.05) is 12.1 Å². The van der Waals surface area contributed by atoms with Crippen LogP contribution in [-0.2, 0) is 6.18 Å². The van der Waals surface area contributed by atoms with E-state index < -0.39 is 23.7 Å². The molecule has 0 aliphatic carbocycles. The lowest BCUT2D eigenvalue weighted by Gasteiger charge is -2.35. The number of nitrogens with one attached hydrogen (secondary N) is 2. The van der Waals surface area contributed by atoms with Crippen LogP contribution in [0.2, 0.25) is 0 Å². The second kappa shape index (κ2) is 9.76. The quantitative estimate of drug-likeness (QED) is 0.426. The molecule has 0 unspecified atom stereocenters. The molecule has 0 atom stereocenters. The van der Waals surface area contributed by atoms with Gasteiger partial charge in [0.05, 0.1) is 22.8 Å². The molecular weight excluding hydrogens is 491 g/mol. The minimum atomic E-state index is -4.61.